The Bertz CT molecular complexity index is 682. The van der Waals surface area contributed by atoms with Crippen LogP contribution in [0.2, 0.25) is 0 Å². The maximum atomic E-state index is 13.0. The number of aromatic carboxylic acids is 1. The number of alkyl halides is 3. The first kappa shape index (κ1) is 14.5. The van der Waals surface area contributed by atoms with Crippen molar-refractivity contribution in [3.63, 3.8) is 0 Å². The minimum absolute atomic E-state index is 0.107. The topological polar surface area (TPSA) is 68.0 Å². The number of carboxylic acids is 1. The molecule has 106 valence electrons. The van der Waals surface area contributed by atoms with Gasteiger partial charge in [-0.2, -0.15) is 18.3 Å². The zero-order chi connectivity index (χ0) is 15.1. The first-order chi connectivity index (χ1) is 9.20. The molecule has 0 bridgehead atoms. The van der Waals surface area contributed by atoms with E-state index < -0.39 is 23.5 Å². The summed E-state index contributed by atoms with van der Waals surface area (Å²) in [6.07, 6.45) is -2.44. The molecule has 0 saturated heterocycles. The molecule has 2 rings (SSSR count). The molecule has 0 saturated carbocycles. The number of rotatable bonds is 2. The fraction of sp³-hybridized carbons (Fsp3) is 0.182. The Kier molecular flexibility index (Phi) is 3.55. The van der Waals surface area contributed by atoms with Gasteiger partial charge in [0, 0.05) is 16.9 Å². The Hall–Kier alpha value is -1.90. The number of halogens is 4. The standard InChI is InChI=1S/C11H7BrF3N3O2/c1-5-7(10(19)20)4-18(17-5)9-8(11(13,14)15)2-6(12)3-16-9/h2-4H,1H3,(H,19,20). The number of aryl methyl sites for hydroxylation is 1. The third kappa shape index (κ3) is 2.67. The molecule has 0 amide bonds. The van der Waals surface area contributed by atoms with Crippen LogP contribution < -0.4 is 0 Å². The second-order valence-electron chi connectivity index (χ2n) is 3.90. The fourth-order valence-electron chi connectivity index (χ4n) is 1.60. The van der Waals surface area contributed by atoms with Crippen LogP contribution in [0.15, 0.2) is 22.9 Å². The van der Waals surface area contributed by atoms with E-state index in [1.165, 1.54) is 13.1 Å². The summed E-state index contributed by atoms with van der Waals surface area (Å²) in [5, 5.41) is 12.7. The molecule has 0 atom stereocenters. The summed E-state index contributed by atoms with van der Waals surface area (Å²) in [6, 6.07) is 0.861. The molecule has 5 nitrogen and oxygen atoms in total. The van der Waals surface area contributed by atoms with Crippen LogP contribution in [0.25, 0.3) is 5.82 Å². The maximum Gasteiger partial charge on any atom is 0.420 e. The van der Waals surface area contributed by atoms with Gasteiger partial charge >= 0.3 is 12.1 Å². The van der Waals surface area contributed by atoms with E-state index >= 15 is 0 Å². The summed E-state index contributed by atoms with van der Waals surface area (Å²) in [4.78, 5) is 14.6. The van der Waals surface area contributed by atoms with E-state index in [0.29, 0.717) is 0 Å². The molecule has 2 heterocycles. The van der Waals surface area contributed by atoms with Crippen LogP contribution in [-0.4, -0.2) is 25.8 Å². The molecule has 0 aliphatic rings. The lowest BCUT2D eigenvalue weighted by Crippen LogP contribution is -2.13. The molecule has 1 N–H and O–H groups in total. The van der Waals surface area contributed by atoms with Gasteiger partial charge in [-0.3, -0.25) is 0 Å². The van der Waals surface area contributed by atoms with Crippen molar-refractivity contribution in [2.75, 3.05) is 0 Å². The number of carbonyl (C=O) groups is 1. The minimum atomic E-state index is -4.63. The van der Waals surface area contributed by atoms with Crippen molar-refractivity contribution in [3.05, 3.63) is 39.8 Å². The molecule has 0 spiro atoms. The number of nitrogens with zero attached hydrogens (tertiary/aromatic N) is 3. The fourth-order valence-corrected chi connectivity index (χ4v) is 1.93. The van der Waals surface area contributed by atoms with Crippen LogP contribution in [0.4, 0.5) is 13.2 Å². The van der Waals surface area contributed by atoms with Crippen molar-refractivity contribution in [1.82, 2.24) is 14.8 Å². The van der Waals surface area contributed by atoms with Gasteiger partial charge in [-0.05, 0) is 28.9 Å². The van der Waals surface area contributed by atoms with Gasteiger partial charge < -0.3 is 5.11 Å². The van der Waals surface area contributed by atoms with E-state index in [9.17, 15) is 18.0 Å². The Morgan fingerprint density at radius 3 is 2.60 bits per heavy atom. The van der Waals surface area contributed by atoms with E-state index in [4.69, 9.17) is 5.11 Å². The highest BCUT2D eigenvalue weighted by Gasteiger charge is 2.35. The summed E-state index contributed by atoms with van der Waals surface area (Å²) in [5.74, 6) is -1.74. The first-order valence-electron chi connectivity index (χ1n) is 5.23. The number of aromatic nitrogens is 3. The van der Waals surface area contributed by atoms with Crippen LogP contribution in [0.5, 0.6) is 0 Å². The highest BCUT2D eigenvalue weighted by atomic mass is 79.9. The SMILES string of the molecule is Cc1nn(-c2ncc(Br)cc2C(F)(F)F)cc1C(=O)O. The van der Waals surface area contributed by atoms with Crippen molar-refractivity contribution in [2.24, 2.45) is 0 Å². The lowest BCUT2D eigenvalue weighted by atomic mass is 10.2. The van der Waals surface area contributed by atoms with E-state index in [2.05, 4.69) is 26.0 Å². The van der Waals surface area contributed by atoms with Crippen LogP contribution >= 0.6 is 15.9 Å². The number of hydrogen-bond donors (Lipinski definition) is 1. The molecule has 0 aromatic carbocycles. The van der Waals surface area contributed by atoms with Crippen molar-refractivity contribution < 1.29 is 23.1 Å². The van der Waals surface area contributed by atoms with Crippen molar-refractivity contribution in [3.8, 4) is 5.82 Å². The quantitative estimate of drug-likeness (QED) is 0.904. The molecule has 0 aliphatic heterocycles. The summed E-state index contributed by atoms with van der Waals surface area (Å²) in [6.45, 7) is 1.39. The van der Waals surface area contributed by atoms with Crippen LogP contribution in [0.3, 0.4) is 0 Å². The minimum Gasteiger partial charge on any atom is -0.478 e. The number of pyridine rings is 1. The molecule has 2 aromatic rings. The summed E-state index contributed by atoms with van der Waals surface area (Å²) in [7, 11) is 0. The first-order valence-corrected chi connectivity index (χ1v) is 6.02. The molecule has 0 radical (unpaired) electrons. The van der Waals surface area contributed by atoms with Gasteiger partial charge in [0.1, 0.15) is 11.1 Å². The van der Waals surface area contributed by atoms with Crippen LogP contribution in [-0.2, 0) is 6.18 Å². The molecule has 0 unspecified atom stereocenters. The van der Waals surface area contributed by atoms with Gasteiger partial charge in [0.05, 0.1) is 5.69 Å². The Morgan fingerprint density at radius 1 is 1.45 bits per heavy atom. The third-order valence-corrected chi connectivity index (χ3v) is 2.92. The van der Waals surface area contributed by atoms with Gasteiger partial charge in [0.25, 0.3) is 0 Å². The zero-order valence-corrected chi connectivity index (χ0v) is 11.5. The van der Waals surface area contributed by atoms with E-state index in [1.54, 1.807) is 0 Å². The smallest absolute Gasteiger partial charge is 0.420 e. The van der Waals surface area contributed by atoms with Crippen LogP contribution in [0, 0.1) is 6.92 Å². The van der Waals surface area contributed by atoms with Gasteiger partial charge in [-0.15, -0.1) is 0 Å². The number of carboxylic acid groups (broad SMARTS) is 1. The zero-order valence-electron chi connectivity index (χ0n) is 9.94. The third-order valence-electron chi connectivity index (χ3n) is 2.49. The Balaban J connectivity index is 2.64. The van der Waals surface area contributed by atoms with Crippen LogP contribution in [0.1, 0.15) is 21.6 Å². The predicted octanol–water partition coefficient (Wildman–Crippen LogP) is 3.06. The summed E-state index contributed by atoms with van der Waals surface area (Å²) >= 11 is 2.92. The van der Waals surface area contributed by atoms with Crippen molar-refractivity contribution in [2.45, 2.75) is 13.1 Å². The van der Waals surface area contributed by atoms with Gasteiger partial charge in [-0.25, -0.2) is 14.5 Å². The van der Waals surface area contributed by atoms with Gasteiger partial charge in [0.15, 0.2) is 5.82 Å². The second-order valence-corrected chi connectivity index (χ2v) is 4.82. The molecule has 2 aromatic heterocycles. The number of hydrogen-bond acceptors (Lipinski definition) is 3. The average Bonchev–Trinajstić information content (AvgIpc) is 2.70. The largest absolute Gasteiger partial charge is 0.478 e. The lowest BCUT2D eigenvalue weighted by Gasteiger charge is -2.11. The predicted molar refractivity (Wildman–Crippen MR) is 65.8 cm³/mol. The molecule has 20 heavy (non-hydrogen) atoms. The van der Waals surface area contributed by atoms with Crippen molar-refractivity contribution >= 4 is 21.9 Å². The van der Waals surface area contributed by atoms with E-state index in [1.807, 2.05) is 0 Å². The Morgan fingerprint density at radius 2 is 2.10 bits per heavy atom. The lowest BCUT2D eigenvalue weighted by molar-refractivity contribution is -0.137. The second kappa shape index (κ2) is 4.89. The van der Waals surface area contributed by atoms with Crippen molar-refractivity contribution in [1.29, 1.82) is 0 Å². The molecule has 0 aliphatic carbocycles. The highest BCUT2D eigenvalue weighted by Crippen LogP contribution is 2.34. The van der Waals surface area contributed by atoms with E-state index in [0.717, 1.165) is 16.9 Å². The van der Waals surface area contributed by atoms with Gasteiger partial charge in [-0.1, -0.05) is 0 Å². The maximum absolute atomic E-state index is 13.0. The molecule has 9 heteroatoms. The normalized spacial score (nSPS) is 11.7. The monoisotopic (exact) mass is 349 g/mol. The molecular formula is C11H7BrF3N3O2. The van der Waals surface area contributed by atoms with E-state index in [-0.39, 0.29) is 15.7 Å². The molecular weight excluding hydrogens is 343 g/mol. The molecule has 0 fully saturated rings. The Labute approximate surface area is 119 Å². The summed E-state index contributed by atoms with van der Waals surface area (Å²) < 4.78 is 39.9. The highest BCUT2D eigenvalue weighted by molar-refractivity contribution is 9.10. The average molecular weight is 350 g/mol. The summed E-state index contributed by atoms with van der Waals surface area (Å²) in [5.41, 5.74) is -1.08. The van der Waals surface area contributed by atoms with Gasteiger partial charge in [0.2, 0.25) is 0 Å².